The van der Waals surface area contributed by atoms with Crippen LogP contribution in [0.5, 0.6) is 0 Å². The summed E-state index contributed by atoms with van der Waals surface area (Å²) in [6.07, 6.45) is 5.93. The number of rotatable bonds is 4. The van der Waals surface area contributed by atoms with Crippen LogP contribution < -0.4 is 5.56 Å². The molecule has 0 amide bonds. The highest BCUT2D eigenvalue weighted by Crippen LogP contribution is 2.34. The molecule has 3 heterocycles. The van der Waals surface area contributed by atoms with Crippen LogP contribution in [-0.4, -0.2) is 15.9 Å². The number of carbonyl (C=O) groups excluding carboxylic acids is 1. The van der Waals surface area contributed by atoms with Crippen molar-refractivity contribution in [3.05, 3.63) is 51.2 Å². The van der Waals surface area contributed by atoms with E-state index in [1.807, 2.05) is 29.0 Å². The average molecular weight is 386 g/mol. The van der Waals surface area contributed by atoms with E-state index >= 15 is 0 Å². The number of hydrogen-bond donors (Lipinski definition) is 1. The number of fused-ring (bicyclic) bond motifs is 1. The van der Waals surface area contributed by atoms with Crippen molar-refractivity contribution >= 4 is 38.9 Å². The first-order valence-corrected chi connectivity index (χ1v) is 10.3. The molecule has 1 aliphatic carbocycles. The Kier molecular flexibility index (Phi) is 4.74. The van der Waals surface area contributed by atoms with Gasteiger partial charge in [-0.25, -0.2) is 4.98 Å². The van der Waals surface area contributed by atoms with Gasteiger partial charge < -0.3 is 9.72 Å². The average Bonchev–Trinajstić information content (AvgIpc) is 3.31. The number of nitrogens with one attached hydrogen (secondary N) is 1. The highest BCUT2D eigenvalue weighted by molar-refractivity contribution is 7.18. The molecule has 4 rings (SSSR count). The third-order valence-corrected chi connectivity index (χ3v) is 6.30. The van der Waals surface area contributed by atoms with Crippen LogP contribution in [0, 0.1) is 5.92 Å². The van der Waals surface area contributed by atoms with E-state index in [1.165, 1.54) is 11.3 Å². The zero-order valence-corrected chi connectivity index (χ0v) is 15.9. The van der Waals surface area contributed by atoms with Gasteiger partial charge in [-0.15, -0.1) is 22.7 Å². The maximum Gasteiger partial charge on any atom is 0.309 e. The lowest BCUT2D eigenvalue weighted by atomic mass is 9.95. The molecule has 0 saturated heterocycles. The summed E-state index contributed by atoms with van der Waals surface area (Å²) in [5.41, 5.74) is 0.706. The van der Waals surface area contributed by atoms with Crippen LogP contribution >= 0.6 is 22.7 Å². The zero-order chi connectivity index (χ0) is 18.1. The predicted octanol–water partition coefficient (Wildman–Crippen LogP) is 4.67. The molecule has 0 bridgehead atoms. The van der Waals surface area contributed by atoms with Gasteiger partial charge >= 0.3 is 5.97 Å². The van der Waals surface area contributed by atoms with E-state index in [-0.39, 0.29) is 17.4 Å². The van der Waals surface area contributed by atoms with Crippen molar-refractivity contribution < 1.29 is 9.53 Å². The van der Waals surface area contributed by atoms with Crippen LogP contribution in [-0.2, 0) is 9.53 Å². The number of H-pyrrole nitrogens is 1. The van der Waals surface area contributed by atoms with Crippen molar-refractivity contribution in [1.29, 1.82) is 0 Å². The second-order valence-corrected chi connectivity index (χ2v) is 8.12. The topological polar surface area (TPSA) is 72.0 Å². The Morgan fingerprint density at radius 2 is 2.27 bits per heavy atom. The van der Waals surface area contributed by atoms with Gasteiger partial charge in [0, 0.05) is 15.8 Å². The molecule has 134 valence electrons. The first-order chi connectivity index (χ1) is 12.6. The molecule has 0 aromatic carbocycles. The number of ether oxygens (including phenoxy) is 1. The van der Waals surface area contributed by atoms with Crippen molar-refractivity contribution in [3.8, 4) is 10.4 Å². The zero-order valence-electron chi connectivity index (χ0n) is 14.2. The van der Waals surface area contributed by atoms with Gasteiger partial charge in [0.1, 0.15) is 4.83 Å². The van der Waals surface area contributed by atoms with Crippen LogP contribution in [0.4, 0.5) is 0 Å². The highest BCUT2D eigenvalue weighted by atomic mass is 32.1. The number of aromatic nitrogens is 2. The molecule has 0 saturated carbocycles. The molecule has 1 aliphatic rings. The lowest BCUT2D eigenvalue weighted by molar-refractivity contribution is -0.154. The Hall–Kier alpha value is -2.25. The van der Waals surface area contributed by atoms with Gasteiger partial charge in [-0.3, -0.25) is 9.59 Å². The Morgan fingerprint density at radius 1 is 1.38 bits per heavy atom. The molecule has 0 spiro atoms. The summed E-state index contributed by atoms with van der Waals surface area (Å²) in [6.45, 7) is 1.74. The van der Waals surface area contributed by atoms with E-state index < -0.39 is 6.10 Å². The van der Waals surface area contributed by atoms with Crippen LogP contribution in [0.2, 0.25) is 0 Å². The minimum Gasteiger partial charge on any atom is -0.454 e. The smallest absolute Gasteiger partial charge is 0.309 e. The summed E-state index contributed by atoms with van der Waals surface area (Å²) in [5.74, 6) is 0.0573. The van der Waals surface area contributed by atoms with Crippen molar-refractivity contribution in [3.63, 3.8) is 0 Å². The minimum atomic E-state index is -0.585. The third kappa shape index (κ3) is 3.24. The number of nitrogens with zero attached hydrogens (tertiary/aromatic N) is 1. The minimum absolute atomic E-state index is 0.106. The van der Waals surface area contributed by atoms with E-state index in [0.29, 0.717) is 22.5 Å². The summed E-state index contributed by atoms with van der Waals surface area (Å²) >= 11 is 3.02. The Morgan fingerprint density at radius 3 is 3.00 bits per heavy atom. The third-order valence-electron chi connectivity index (χ3n) is 4.53. The van der Waals surface area contributed by atoms with Gasteiger partial charge in [0.25, 0.3) is 5.56 Å². The molecule has 1 N–H and O–H groups in total. The Bertz CT molecular complexity index is 1020. The highest BCUT2D eigenvalue weighted by Gasteiger charge is 2.24. The maximum atomic E-state index is 12.6. The van der Waals surface area contributed by atoms with Crippen molar-refractivity contribution in [2.24, 2.45) is 5.92 Å². The molecule has 0 fully saturated rings. The number of thiophene rings is 2. The molecule has 2 atom stereocenters. The molecular weight excluding hydrogens is 368 g/mol. The summed E-state index contributed by atoms with van der Waals surface area (Å²) < 4.78 is 5.56. The van der Waals surface area contributed by atoms with Crippen molar-refractivity contribution in [2.75, 3.05) is 0 Å². The van der Waals surface area contributed by atoms with E-state index in [0.717, 1.165) is 23.3 Å². The number of aromatic amines is 1. The van der Waals surface area contributed by atoms with E-state index in [4.69, 9.17) is 4.74 Å². The molecule has 0 radical (unpaired) electrons. The standard InChI is InChI=1S/C19H18N2O3S2/c1-11(24-19(23)12-6-3-2-4-7-12)16-20-17(22)15-13(10-26-18(15)21-16)14-8-5-9-25-14/h2-3,5,8-12H,4,6-7H2,1H3,(H,20,21,22)/t11-,12+/m1/s1. The molecule has 5 nitrogen and oxygen atoms in total. The number of carbonyl (C=O) groups is 1. The Balaban J connectivity index is 1.60. The first-order valence-electron chi connectivity index (χ1n) is 8.54. The predicted molar refractivity (Wildman–Crippen MR) is 105 cm³/mol. The van der Waals surface area contributed by atoms with E-state index in [2.05, 4.69) is 16.0 Å². The molecule has 0 unspecified atom stereocenters. The summed E-state index contributed by atoms with van der Waals surface area (Å²) in [5, 5.41) is 4.53. The van der Waals surface area contributed by atoms with Gasteiger partial charge in [-0.05, 0) is 37.6 Å². The Labute approximate surface area is 158 Å². The second-order valence-electron chi connectivity index (χ2n) is 6.32. The van der Waals surface area contributed by atoms with Crippen LogP contribution in [0.25, 0.3) is 20.7 Å². The molecular formula is C19H18N2O3S2. The van der Waals surface area contributed by atoms with Crippen LogP contribution in [0.1, 0.15) is 38.1 Å². The van der Waals surface area contributed by atoms with E-state index in [9.17, 15) is 9.59 Å². The largest absolute Gasteiger partial charge is 0.454 e. The number of esters is 1. The lowest BCUT2D eigenvalue weighted by Crippen LogP contribution is -2.22. The van der Waals surface area contributed by atoms with Crippen molar-refractivity contribution in [2.45, 2.75) is 32.3 Å². The fraction of sp³-hybridized carbons (Fsp3) is 0.316. The molecule has 3 aromatic heterocycles. The van der Waals surface area contributed by atoms with Gasteiger partial charge in [0.15, 0.2) is 11.9 Å². The molecule has 26 heavy (non-hydrogen) atoms. The van der Waals surface area contributed by atoms with Gasteiger partial charge in [-0.2, -0.15) is 0 Å². The first kappa shape index (κ1) is 17.2. The summed E-state index contributed by atoms with van der Waals surface area (Å²) in [4.78, 5) is 34.0. The number of hydrogen-bond acceptors (Lipinski definition) is 6. The lowest BCUT2D eigenvalue weighted by Gasteiger charge is -2.19. The fourth-order valence-corrected chi connectivity index (χ4v) is 4.87. The molecule has 0 aliphatic heterocycles. The van der Waals surface area contributed by atoms with Crippen LogP contribution in [0.15, 0.2) is 39.8 Å². The second kappa shape index (κ2) is 7.17. The maximum absolute atomic E-state index is 12.6. The number of allylic oxidation sites excluding steroid dienone is 2. The van der Waals surface area contributed by atoms with Crippen molar-refractivity contribution in [1.82, 2.24) is 9.97 Å². The van der Waals surface area contributed by atoms with Gasteiger partial charge in [-0.1, -0.05) is 18.2 Å². The summed E-state index contributed by atoms with van der Waals surface area (Å²) in [6, 6.07) is 3.95. The summed E-state index contributed by atoms with van der Waals surface area (Å²) in [7, 11) is 0. The molecule has 7 heteroatoms. The normalized spacial score (nSPS) is 18.1. The van der Waals surface area contributed by atoms with Crippen LogP contribution in [0.3, 0.4) is 0 Å². The SMILES string of the molecule is C[C@@H](OC(=O)[C@H]1CC=CCC1)c1nc2scc(-c3cccs3)c2c(=O)[nH]1. The van der Waals surface area contributed by atoms with E-state index in [1.54, 1.807) is 18.3 Å². The quantitative estimate of drug-likeness (QED) is 0.522. The monoisotopic (exact) mass is 386 g/mol. The fourth-order valence-electron chi connectivity index (χ4n) is 3.11. The van der Waals surface area contributed by atoms with Gasteiger partial charge in [0.05, 0.1) is 11.3 Å². The van der Waals surface area contributed by atoms with Gasteiger partial charge in [0.2, 0.25) is 0 Å². The molecule has 3 aromatic rings.